The fourth-order valence-corrected chi connectivity index (χ4v) is 13.5. The minimum Gasteiger partial charge on any atom is -0.372 e. The van der Waals surface area contributed by atoms with Gasteiger partial charge in [0.1, 0.15) is 24.4 Å². The van der Waals surface area contributed by atoms with Crippen LogP contribution in [0.3, 0.4) is 0 Å². The molecule has 6 aliphatic rings. The Morgan fingerprint density at radius 2 is 0.710 bits per heavy atom. The first kappa shape index (κ1) is 64.3. The van der Waals surface area contributed by atoms with E-state index in [9.17, 15) is 19.2 Å². The van der Waals surface area contributed by atoms with Crippen molar-refractivity contribution in [1.82, 2.24) is 9.13 Å². The van der Waals surface area contributed by atoms with Crippen LogP contribution in [-0.4, -0.2) is 106 Å². The van der Waals surface area contributed by atoms with Crippen molar-refractivity contribution in [1.29, 1.82) is 0 Å². The molecule has 1 spiro atoms. The molecule has 16 nitrogen and oxygen atoms in total. The normalized spacial score (nSPS) is 18.2. The quantitative estimate of drug-likeness (QED) is 0.0694. The lowest BCUT2D eigenvalue weighted by Crippen LogP contribution is -2.71. The molecule has 0 fully saturated rings. The molecule has 4 aromatic carbocycles. The van der Waals surface area contributed by atoms with E-state index in [1.807, 2.05) is 36.4 Å². The minimum atomic E-state index is -1.36. The van der Waals surface area contributed by atoms with Crippen molar-refractivity contribution in [2.45, 2.75) is 163 Å². The van der Waals surface area contributed by atoms with Crippen LogP contribution < -0.4 is 32.0 Å². The van der Waals surface area contributed by atoms with Gasteiger partial charge in [0.2, 0.25) is 22.8 Å². The van der Waals surface area contributed by atoms with Crippen LogP contribution in [-0.2, 0) is 65.7 Å². The molecular weight excluding hydrogens is 1160 g/mol. The van der Waals surface area contributed by atoms with Crippen LogP contribution in [0.4, 0.5) is 22.7 Å². The Bertz CT molecular complexity index is 4440. The maximum atomic E-state index is 14.4. The predicted molar refractivity (Wildman–Crippen MR) is 368 cm³/mol. The highest BCUT2D eigenvalue weighted by Crippen LogP contribution is 2.56. The predicted octanol–water partition coefficient (Wildman–Crippen LogP) is 11.5. The summed E-state index contributed by atoms with van der Waals surface area (Å²) in [6.07, 6.45) is 5.49. The van der Waals surface area contributed by atoms with Gasteiger partial charge in [-0.05, 0) is 131 Å². The lowest BCUT2D eigenvalue weighted by atomic mass is 9.78. The first-order valence-corrected chi connectivity index (χ1v) is 32.1. The molecule has 0 saturated carbocycles. The Hall–Kier alpha value is -8.80. The molecule has 4 N–H and O–H groups in total. The van der Waals surface area contributed by atoms with E-state index in [1.165, 1.54) is 50.7 Å². The molecule has 16 heteroatoms. The van der Waals surface area contributed by atoms with Crippen molar-refractivity contribution in [2.75, 3.05) is 49.7 Å². The highest BCUT2D eigenvalue weighted by molar-refractivity contribution is 6.32. The van der Waals surface area contributed by atoms with Gasteiger partial charge in [-0.3, -0.25) is 19.2 Å². The van der Waals surface area contributed by atoms with E-state index in [0.717, 1.165) is 78.3 Å². The molecule has 93 heavy (non-hydrogen) atoms. The van der Waals surface area contributed by atoms with Crippen molar-refractivity contribution in [3.05, 3.63) is 199 Å². The van der Waals surface area contributed by atoms with Gasteiger partial charge in [0.15, 0.2) is 0 Å². The van der Waals surface area contributed by atoms with E-state index < -0.39 is 30.3 Å². The van der Waals surface area contributed by atoms with Gasteiger partial charge in [-0.1, -0.05) is 141 Å². The number of methoxy groups -OCH3 is 4. The fraction of sp³-hybridized carbons (Fsp3) is 0.377. The number of nitrogens with one attached hydrogen (secondary N) is 4. The average molecular weight is 1250 g/mol. The van der Waals surface area contributed by atoms with E-state index >= 15 is 0 Å². The molecule has 4 amide bonds. The molecule has 8 heterocycles. The van der Waals surface area contributed by atoms with Crippen LogP contribution >= 0.6 is 0 Å². The van der Waals surface area contributed by atoms with Crippen LogP contribution in [0, 0.1) is 0 Å². The number of rotatable bonds is 16. The number of amides is 4. The molecule has 0 bridgehead atoms. The fourth-order valence-electron chi connectivity index (χ4n) is 13.5. The number of hydrogen-bond acceptors (Lipinski definition) is 8. The minimum absolute atomic E-state index is 0.257. The number of carbonyl (C=O) groups is 4. The maximum Gasteiger partial charge on any atom is 0.553 e. The van der Waals surface area contributed by atoms with E-state index in [4.69, 9.17) is 18.9 Å². The molecule has 0 saturated heterocycles. The lowest BCUT2D eigenvalue weighted by Gasteiger charge is -2.41. The molecular formula is C77H88N8O8+2. The van der Waals surface area contributed by atoms with Gasteiger partial charge in [-0.25, -0.2) is 0 Å². The Balaban J connectivity index is 1.33. The van der Waals surface area contributed by atoms with Crippen molar-refractivity contribution in [3.63, 3.8) is 0 Å². The van der Waals surface area contributed by atoms with Crippen molar-refractivity contribution < 1.29 is 47.3 Å². The van der Waals surface area contributed by atoms with Crippen LogP contribution in [0.1, 0.15) is 167 Å². The van der Waals surface area contributed by atoms with Crippen LogP contribution in [0.15, 0.2) is 133 Å². The molecule has 0 aliphatic carbocycles. The summed E-state index contributed by atoms with van der Waals surface area (Å²) in [4.78, 5) is 57.6. The third-order valence-corrected chi connectivity index (χ3v) is 19.2. The zero-order chi connectivity index (χ0) is 67.1. The summed E-state index contributed by atoms with van der Waals surface area (Å²) in [5.74, 6) is -2.85. The van der Waals surface area contributed by atoms with Crippen molar-refractivity contribution in [2.24, 2.45) is 0 Å². The Kier molecular flexibility index (Phi) is 15.7. The maximum absolute atomic E-state index is 14.4. The van der Waals surface area contributed by atoms with Gasteiger partial charge in [0.05, 0.1) is 67.1 Å². The number of carbonyl (C=O) groups excluding carboxylic acids is 4. The molecule has 2 aromatic heterocycles. The van der Waals surface area contributed by atoms with Gasteiger partial charge in [0.25, 0.3) is 23.6 Å². The van der Waals surface area contributed by atoms with E-state index in [2.05, 4.69) is 208 Å². The number of aromatic nitrogens is 2. The van der Waals surface area contributed by atoms with Gasteiger partial charge in [0, 0.05) is 63.9 Å². The molecule has 6 aliphatic heterocycles. The molecule has 482 valence electrons. The molecule has 12 rings (SSSR count). The third kappa shape index (κ3) is 10.3. The standard InChI is InChI=1S/C77H86N8O8/c1-41(90-17)69(86)78-51-23-21-24-52(79-70(87)42(2)91-18)65(51)67-59-31-27-55-63(45-35-47(73(5,6)7)39-48(36-45)74(8,9)10)57-29-33-61-68(66-53(80-71(88)43(3)92-19)25-22-26-54(66)81-72(89)44(4)93-20)62-34-30-58-64(46-37-49(75(11,12)13)40-50(38-46)76(14,15)16)56-28-32-60(67)83(56)77(82(55)59,84(57)61)85(58)62/h21-44H,1-20H3,(H2-,78,79,80,81,86,87,88,89)/p+2. The second kappa shape index (κ2) is 22.7. The number of nitrogens with zero attached hydrogens (tertiary/aromatic N) is 4. The monoisotopic (exact) mass is 1250 g/mol. The summed E-state index contributed by atoms with van der Waals surface area (Å²) in [7, 11) is 6.02. The van der Waals surface area contributed by atoms with Crippen LogP contribution in [0.2, 0.25) is 0 Å². The number of allylic oxidation sites excluding steroid dienone is 4. The smallest absolute Gasteiger partial charge is 0.372 e. The Morgan fingerprint density at radius 3 is 1.06 bits per heavy atom. The highest BCUT2D eigenvalue weighted by atomic mass is 16.5. The van der Waals surface area contributed by atoms with E-state index in [0.29, 0.717) is 33.9 Å². The zero-order valence-corrected chi connectivity index (χ0v) is 57.4. The molecule has 5 unspecified atom stereocenters. The number of anilines is 4. The highest BCUT2D eigenvalue weighted by Gasteiger charge is 2.73. The topological polar surface area (TPSA) is 169 Å². The number of ether oxygens (including phenoxy) is 4. The number of hydrogen-bond donors (Lipinski definition) is 4. The molecule has 0 radical (unpaired) electrons. The SMILES string of the molecule is COC(C)C(=O)Nc1cccc(NC(=O)C(C)OC)c1C1=C2C=CC3=[N+]2C24n5c(ccc51)C(c1cc(C(C)(C)C)cc(C(C)(C)C)c1)=C1C=CC(=[N+]12)C(c1c(NC(=O)C(C)OC)cccc1NC(=O)C(C)OC)=c1ccc(n14)=C3c1cc(C(C)(C)C)cc(C(C)(C)C)c1. The van der Waals surface area contributed by atoms with Gasteiger partial charge in [-0.2, -0.15) is 9.13 Å². The third-order valence-electron chi connectivity index (χ3n) is 19.2. The second-order valence-corrected chi connectivity index (χ2v) is 29.4. The Morgan fingerprint density at radius 1 is 0.398 bits per heavy atom. The second-order valence-electron chi connectivity index (χ2n) is 29.4. The van der Waals surface area contributed by atoms with Crippen LogP contribution in [0.25, 0.3) is 22.3 Å². The molecule has 5 atom stereocenters. The lowest BCUT2D eigenvalue weighted by molar-refractivity contribution is -0.834. The van der Waals surface area contributed by atoms with E-state index in [1.54, 1.807) is 27.7 Å². The van der Waals surface area contributed by atoms with Gasteiger partial charge in [-0.15, -0.1) is 0 Å². The van der Waals surface area contributed by atoms with Crippen molar-refractivity contribution in [3.8, 4) is 0 Å². The van der Waals surface area contributed by atoms with Gasteiger partial charge >= 0.3 is 5.91 Å². The largest absolute Gasteiger partial charge is 0.553 e. The summed E-state index contributed by atoms with van der Waals surface area (Å²) in [6, 6.07) is 34.0. The summed E-state index contributed by atoms with van der Waals surface area (Å²) >= 11 is 0. The molecule has 6 aromatic rings. The first-order valence-electron chi connectivity index (χ1n) is 32.1. The van der Waals surface area contributed by atoms with Crippen LogP contribution in [0.5, 0.6) is 0 Å². The van der Waals surface area contributed by atoms with Gasteiger partial charge < -0.3 is 40.2 Å². The number of benzene rings is 4. The summed E-state index contributed by atoms with van der Waals surface area (Å²) in [5, 5.41) is 14.7. The van der Waals surface area contributed by atoms with E-state index in [-0.39, 0.29) is 45.3 Å². The zero-order valence-electron chi connectivity index (χ0n) is 57.4. The summed E-state index contributed by atoms with van der Waals surface area (Å²) in [5.41, 5.74) is 17.1. The summed E-state index contributed by atoms with van der Waals surface area (Å²) < 4.78 is 32.4. The first-order chi connectivity index (χ1) is 43.8. The summed E-state index contributed by atoms with van der Waals surface area (Å²) in [6.45, 7) is 33.8. The van der Waals surface area contributed by atoms with Crippen molar-refractivity contribution >= 4 is 80.1 Å². The average Bonchev–Trinajstić information content (AvgIpc) is 1.53. The Labute approximate surface area is 545 Å².